The minimum absolute atomic E-state index is 0.377. The molecule has 1 saturated carbocycles. The first-order valence-corrected chi connectivity index (χ1v) is 5.43. The fraction of sp³-hybridized carbons (Fsp3) is 0.700. The smallest absolute Gasteiger partial charge is 0.321 e. The van der Waals surface area contributed by atoms with Gasteiger partial charge in [0.15, 0.2) is 0 Å². The molecular formula is C10H18N2O6. The Morgan fingerprint density at radius 3 is 1.94 bits per heavy atom. The van der Waals surface area contributed by atoms with Crippen LogP contribution in [0.15, 0.2) is 0 Å². The van der Waals surface area contributed by atoms with Crippen LogP contribution in [0.5, 0.6) is 0 Å². The van der Waals surface area contributed by atoms with Crippen molar-refractivity contribution in [3.63, 3.8) is 0 Å². The summed E-state index contributed by atoms with van der Waals surface area (Å²) in [4.78, 5) is 29.8. The summed E-state index contributed by atoms with van der Waals surface area (Å²) < 4.78 is 0. The minimum atomic E-state index is -1.29. The molecule has 1 fully saturated rings. The summed E-state index contributed by atoms with van der Waals surface area (Å²) in [7, 11) is 0. The molecule has 1 aliphatic carbocycles. The first kappa shape index (κ1) is 16.3. The number of nitrogens with two attached hydrogens (primary N) is 1. The monoisotopic (exact) mass is 262 g/mol. The molecule has 0 spiro atoms. The normalized spacial score (nSPS) is 17.0. The van der Waals surface area contributed by atoms with E-state index >= 15 is 0 Å². The predicted octanol–water partition coefficient (Wildman–Crippen LogP) is -0.915. The maximum absolute atomic E-state index is 10.2. The number of nitrogens with one attached hydrogen (secondary N) is 1. The van der Waals surface area contributed by atoms with Crippen LogP contribution in [-0.2, 0) is 14.4 Å². The van der Waals surface area contributed by atoms with Gasteiger partial charge in [-0.15, -0.1) is 0 Å². The summed E-state index contributed by atoms with van der Waals surface area (Å²) in [6.07, 6.45) is 1.74. The molecule has 18 heavy (non-hydrogen) atoms. The highest BCUT2D eigenvalue weighted by Gasteiger charge is 2.25. The third-order valence-corrected chi connectivity index (χ3v) is 2.15. The second-order valence-electron chi connectivity index (χ2n) is 4.04. The predicted molar refractivity (Wildman–Crippen MR) is 61.1 cm³/mol. The van der Waals surface area contributed by atoms with E-state index in [1.807, 2.05) is 0 Å². The molecular weight excluding hydrogens is 244 g/mol. The number of rotatable bonds is 6. The zero-order chi connectivity index (χ0) is 14.3. The van der Waals surface area contributed by atoms with Crippen LogP contribution in [0.3, 0.4) is 0 Å². The van der Waals surface area contributed by atoms with Gasteiger partial charge in [-0.1, -0.05) is 0 Å². The molecule has 104 valence electrons. The number of carboxylic acid groups (broad SMARTS) is 3. The molecule has 0 bridgehead atoms. The Bertz CT molecular complexity index is 315. The van der Waals surface area contributed by atoms with E-state index in [1.165, 1.54) is 0 Å². The highest BCUT2D eigenvalue weighted by molar-refractivity contribution is 5.80. The van der Waals surface area contributed by atoms with E-state index in [4.69, 9.17) is 21.1 Å². The molecule has 0 aromatic rings. The number of carbonyl (C=O) groups is 3. The van der Waals surface area contributed by atoms with E-state index in [0.717, 1.165) is 12.8 Å². The highest BCUT2D eigenvalue weighted by Crippen LogP contribution is 2.19. The Morgan fingerprint density at radius 2 is 1.72 bits per heavy atom. The zero-order valence-corrected chi connectivity index (χ0v) is 10.00. The van der Waals surface area contributed by atoms with Crippen LogP contribution in [0.1, 0.15) is 26.2 Å². The topological polar surface area (TPSA) is 150 Å². The van der Waals surface area contributed by atoms with Crippen molar-refractivity contribution >= 4 is 17.9 Å². The quantitative estimate of drug-likeness (QED) is 0.412. The minimum Gasteiger partial charge on any atom is -0.481 e. The van der Waals surface area contributed by atoms with Gasteiger partial charge < -0.3 is 26.4 Å². The fourth-order valence-electron chi connectivity index (χ4n) is 0.950. The number of aliphatic carboxylic acids is 3. The van der Waals surface area contributed by atoms with E-state index < -0.39 is 30.4 Å². The molecule has 0 aliphatic heterocycles. The van der Waals surface area contributed by atoms with Crippen LogP contribution >= 0.6 is 0 Å². The van der Waals surface area contributed by atoms with Crippen molar-refractivity contribution in [2.24, 2.45) is 5.73 Å². The molecule has 8 nitrogen and oxygen atoms in total. The highest BCUT2D eigenvalue weighted by atomic mass is 16.4. The van der Waals surface area contributed by atoms with E-state index in [-0.39, 0.29) is 6.04 Å². The van der Waals surface area contributed by atoms with Crippen molar-refractivity contribution in [2.75, 3.05) is 0 Å². The number of hydrogen-bond donors (Lipinski definition) is 5. The number of hydrogen-bond acceptors (Lipinski definition) is 5. The Labute approximate surface area is 104 Å². The maximum atomic E-state index is 10.2. The third kappa shape index (κ3) is 8.48. The van der Waals surface area contributed by atoms with Crippen LogP contribution in [0, 0.1) is 0 Å². The van der Waals surface area contributed by atoms with Crippen LogP contribution < -0.4 is 11.1 Å². The molecule has 0 radical (unpaired) electrons. The van der Waals surface area contributed by atoms with Gasteiger partial charge in [-0.05, 0) is 19.8 Å². The van der Waals surface area contributed by atoms with Crippen molar-refractivity contribution in [1.82, 2.24) is 5.32 Å². The fourth-order valence-corrected chi connectivity index (χ4v) is 0.950. The van der Waals surface area contributed by atoms with Crippen molar-refractivity contribution in [3.05, 3.63) is 0 Å². The molecule has 6 N–H and O–H groups in total. The lowest BCUT2D eigenvalue weighted by atomic mass is 10.2. The van der Waals surface area contributed by atoms with Crippen LogP contribution in [0.2, 0.25) is 0 Å². The average molecular weight is 262 g/mol. The second-order valence-corrected chi connectivity index (χ2v) is 4.04. The van der Waals surface area contributed by atoms with E-state index in [2.05, 4.69) is 5.32 Å². The first-order chi connectivity index (χ1) is 8.23. The summed E-state index contributed by atoms with van der Waals surface area (Å²) in [5.74, 6) is -3.26. The summed E-state index contributed by atoms with van der Waals surface area (Å²) in [5.41, 5.74) is 4.84. The van der Waals surface area contributed by atoms with Gasteiger partial charge >= 0.3 is 17.9 Å². The summed E-state index contributed by atoms with van der Waals surface area (Å²) in [5, 5.41) is 27.4. The molecule has 0 amide bonds. The van der Waals surface area contributed by atoms with Gasteiger partial charge in [-0.2, -0.15) is 0 Å². The van der Waals surface area contributed by atoms with Crippen molar-refractivity contribution in [1.29, 1.82) is 0 Å². The lowest BCUT2D eigenvalue weighted by Gasteiger charge is -2.05. The van der Waals surface area contributed by atoms with Gasteiger partial charge in [-0.3, -0.25) is 14.4 Å². The first-order valence-electron chi connectivity index (χ1n) is 5.43. The molecule has 0 aromatic carbocycles. The Balaban J connectivity index is 0.000000321. The van der Waals surface area contributed by atoms with Crippen molar-refractivity contribution in [2.45, 2.75) is 44.3 Å². The van der Waals surface area contributed by atoms with Crippen LogP contribution in [0.4, 0.5) is 0 Å². The number of carboxylic acids is 3. The SMILES string of the molecule is CC(NC1CC1)C(=O)O.NC(CC(=O)O)C(=O)O. The molecule has 2 atom stereocenters. The van der Waals surface area contributed by atoms with Gasteiger partial charge in [0.25, 0.3) is 0 Å². The van der Waals surface area contributed by atoms with Gasteiger partial charge in [0, 0.05) is 6.04 Å². The van der Waals surface area contributed by atoms with Crippen LogP contribution in [0.25, 0.3) is 0 Å². The largest absolute Gasteiger partial charge is 0.481 e. The molecule has 0 heterocycles. The molecule has 0 saturated heterocycles. The lowest BCUT2D eigenvalue weighted by molar-refractivity contribution is -0.144. The molecule has 2 unspecified atom stereocenters. The third-order valence-electron chi connectivity index (χ3n) is 2.15. The Hall–Kier alpha value is -1.67. The summed E-state index contributed by atoms with van der Waals surface area (Å²) in [6.45, 7) is 1.67. The van der Waals surface area contributed by atoms with Gasteiger partial charge in [0.2, 0.25) is 0 Å². The van der Waals surface area contributed by atoms with Gasteiger partial charge in [0.05, 0.1) is 6.42 Å². The lowest BCUT2D eigenvalue weighted by Crippen LogP contribution is -2.35. The van der Waals surface area contributed by atoms with E-state index in [1.54, 1.807) is 6.92 Å². The summed E-state index contributed by atoms with van der Waals surface area (Å²) >= 11 is 0. The molecule has 8 heteroatoms. The standard InChI is InChI=1S/C6H11NO2.C4H7NO4/c1-4(6(8)9)7-5-2-3-5;5-2(4(8)9)1-3(6)7/h4-5,7H,2-3H2,1H3,(H,8,9);2H,1,5H2,(H,6,7)(H,8,9). The Kier molecular flexibility index (Phi) is 6.91. The second kappa shape index (κ2) is 7.62. The van der Waals surface area contributed by atoms with E-state index in [0.29, 0.717) is 6.04 Å². The zero-order valence-electron chi connectivity index (χ0n) is 10.00. The maximum Gasteiger partial charge on any atom is 0.321 e. The van der Waals surface area contributed by atoms with Gasteiger partial charge in [0.1, 0.15) is 12.1 Å². The molecule has 1 aliphatic rings. The van der Waals surface area contributed by atoms with Crippen molar-refractivity contribution < 1.29 is 29.7 Å². The van der Waals surface area contributed by atoms with Crippen LogP contribution in [-0.4, -0.2) is 51.4 Å². The van der Waals surface area contributed by atoms with Gasteiger partial charge in [-0.25, -0.2) is 0 Å². The Morgan fingerprint density at radius 1 is 1.22 bits per heavy atom. The average Bonchev–Trinajstić information content (AvgIpc) is 3.01. The van der Waals surface area contributed by atoms with Crippen molar-refractivity contribution in [3.8, 4) is 0 Å². The van der Waals surface area contributed by atoms with E-state index in [9.17, 15) is 14.4 Å². The molecule has 0 aromatic heterocycles. The molecule has 1 rings (SSSR count). The summed E-state index contributed by atoms with van der Waals surface area (Å²) in [6, 6.07) is -1.18.